The lowest BCUT2D eigenvalue weighted by Gasteiger charge is -2.07. The molecule has 4 N–H and O–H groups in total. The first-order valence-corrected chi connectivity index (χ1v) is 19.2. The lowest BCUT2D eigenvalue weighted by Crippen LogP contribution is -2.03. The van der Waals surface area contributed by atoms with Gasteiger partial charge in [-0.1, -0.05) is 36.4 Å². The van der Waals surface area contributed by atoms with E-state index in [1.165, 1.54) is 12.1 Å². The van der Waals surface area contributed by atoms with Gasteiger partial charge in [0.2, 0.25) is 0 Å². The summed E-state index contributed by atoms with van der Waals surface area (Å²) in [6.45, 7) is 0. The smallest absolute Gasteiger partial charge is 0.282 e. The first-order valence-electron chi connectivity index (χ1n) is 13.5. The van der Waals surface area contributed by atoms with Gasteiger partial charge in [-0.15, -0.1) is 0 Å². The molecule has 0 fully saturated rings. The summed E-state index contributed by atoms with van der Waals surface area (Å²) in [7, 11) is -19.9. The molecule has 0 amide bonds. The Balaban J connectivity index is 1.70. The molecular weight excluding hydrogens is 777 g/mol. The summed E-state index contributed by atoms with van der Waals surface area (Å²) in [4.78, 5) is 17.0. The number of rotatable bonds is 12. The van der Waals surface area contributed by atoms with Crippen LogP contribution in [-0.2, 0) is 40.5 Å². The van der Waals surface area contributed by atoms with Crippen LogP contribution in [0, 0.1) is 20.2 Å². The molecule has 24 heteroatoms. The van der Waals surface area contributed by atoms with E-state index in [4.69, 9.17) is 0 Å². The molecule has 0 aliphatic carbocycles. The van der Waals surface area contributed by atoms with Crippen LogP contribution in [0.1, 0.15) is 22.3 Å². The fourth-order valence-corrected chi connectivity index (χ4v) is 7.18. The number of nitro groups is 2. The average molecular weight is 797 g/mol. The molecule has 0 saturated heterocycles. The molecule has 0 atom stereocenters. The Hall–Kier alpha value is -5.60. The first kappa shape index (κ1) is 39.2. The molecule has 0 aliphatic heterocycles. The Morgan fingerprint density at radius 3 is 0.942 bits per heavy atom. The van der Waals surface area contributed by atoms with E-state index < -0.39 is 81.3 Å². The van der Waals surface area contributed by atoms with Crippen molar-refractivity contribution in [2.45, 2.75) is 19.6 Å². The van der Waals surface area contributed by atoms with Crippen LogP contribution in [0.3, 0.4) is 0 Å². The van der Waals surface area contributed by atoms with Crippen molar-refractivity contribution in [2.24, 2.45) is 10.2 Å². The normalized spacial score (nSPS) is 12.9. The maximum Gasteiger partial charge on any atom is 0.295 e. The third-order valence-corrected chi connectivity index (χ3v) is 10.3. The SMILES string of the molecule is O=[N+]([O-])c1ccc(/C=C/c2ccc(N=Nc3ccc(/C=C/c4ccc([N+](=O)[O-])cc4S(=O)(=O)O)c(S(=O)(=O)O)c3)cc2S(=O)(=O)O)c(S(=O)(=O)O)c1. The minimum Gasteiger partial charge on any atom is -0.282 e. The highest BCUT2D eigenvalue weighted by atomic mass is 32.2. The van der Waals surface area contributed by atoms with Gasteiger partial charge < -0.3 is 0 Å². The number of benzene rings is 4. The second-order valence-electron chi connectivity index (χ2n) is 10.2. The van der Waals surface area contributed by atoms with Crippen molar-refractivity contribution in [2.75, 3.05) is 0 Å². The Labute approximate surface area is 293 Å². The monoisotopic (exact) mass is 796 g/mol. The Bertz CT molecular complexity index is 2510. The van der Waals surface area contributed by atoms with Gasteiger partial charge in [0.1, 0.15) is 19.6 Å². The highest BCUT2D eigenvalue weighted by molar-refractivity contribution is 7.86. The molecule has 0 aromatic heterocycles. The fraction of sp³-hybridized carbons (Fsp3) is 0. The van der Waals surface area contributed by atoms with Crippen LogP contribution in [0.2, 0.25) is 0 Å². The van der Waals surface area contributed by atoms with Gasteiger partial charge in [-0.25, -0.2) is 0 Å². The number of non-ortho nitro benzene ring substituents is 2. The van der Waals surface area contributed by atoms with E-state index >= 15 is 0 Å². The van der Waals surface area contributed by atoms with E-state index in [1.54, 1.807) is 0 Å². The summed E-state index contributed by atoms with van der Waals surface area (Å²) < 4.78 is 135. The summed E-state index contributed by atoms with van der Waals surface area (Å²) in [5.41, 5.74) is -2.82. The van der Waals surface area contributed by atoms with Gasteiger partial charge in [-0.3, -0.25) is 38.4 Å². The molecule has 0 unspecified atom stereocenters. The van der Waals surface area contributed by atoms with Crippen molar-refractivity contribution < 1.29 is 61.7 Å². The van der Waals surface area contributed by atoms with Gasteiger partial charge in [-0.05, 0) is 58.7 Å². The lowest BCUT2D eigenvalue weighted by atomic mass is 10.1. The highest BCUT2D eigenvalue weighted by Gasteiger charge is 2.22. The van der Waals surface area contributed by atoms with Crippen molar-refractivity contribution in [3.63, 3.8) is 0 Å². The predicted molar refractivity (Wildman–Crippen MR) is 180 cm³/mol. The third kappa shape index (κ3) is 9.59. The van der Waals surface area contributed by atoms with Gasteiger partial charge in [0.15, 0.2) is 0 Å². The first-order chi connectivity index (χ1) is 23.9. The minimum atomic E-state index is -5.00. The zero-order valence-electron chi connectivity index (χ0n) is 25.3. The molecule has 0 spiro atoms. The highest BCUT2D eigenvalue weighted by Crippen LogP contribution is 2.31. The van der Waals surface area contributed by atoms with Crippen LogP contribution in [0.25, 0.3) is 24.3 Å². The van der Waals surface area contributed by atoms with Crippen LogP contribution >= 0.6 is 0 Å². The van der Waals surface area contributed by atoms with Gasteiger partial charge in [0.05, 0.1) is 21.2 Å². The second-order valence-corrected chi connectivity index (χ2v) is 15.7. The van der Waals surface area contributed by atoms with Crippen LogP contribution in [0.4, 0.5) is 22.7 Å². The summed E-state index contributed by atoms with van der Waals surface area (Å²) in [6, 6.07) is 11.2. The Morgan fingerprint density at radius 1 is 0.442 bits per heavy atom. The van der Waals surface area contributed by atoms with E-state index in [-0.39, 0.29) is 33.6 Å². The van der Waals surface area contributed by atoms with Crippen LogP contribution in [0.15, 0.2) is 103 Å². The van der Waals surface area contributed by atoms with E-state index in [0.29, 0.717) is 12.1 Å². The lowest BCUT2D eigenvalue weighted by molar-refractivity contribution is -0.385. The Kier molecular flexibility index (Phi) is 11.0. The van der Waals surface area contributed by atoms with Gasteiger partial charge in [0.25, 0.3) is 51.8 Å². The van der Waals surface area contributed by atoms with Gasteiger partial charge >= 0.3 is 0 Å². The van der Waals surface area contributed by atoms with Crippen molar-refractivity contribution in [1.82, 2.24) is 0 Å². The molecule has 20 nitrogen and oxygen atoms in total. The van der Waals surface area contributed by atoms with E-state index in [2.05, 4.69) is 10.2 Å². The standard InChI is InChI=1S/C28H20N4O16S4/c33-31(34)23-11-7-19(27(15-23)51(43,44)45)3-1-17-5-9-21(13-25(17)49(37,38)39)29-30-22-10-6-18(26(14-22)50(40,41)42)2-4-20-8-12-24(32(35)36)16-28(20)52(46,47)48/h1-16H,(H,37,38,39)(H,40,41,42)(H,43,44,45)(H,46,47,48)/b3-1+,4-2+,30-29?. The third-order valence-electron chi connectivity index (χ3n) is 6.69. The van der Waals surface area contributed by atoms with Crippen molar-refractivity contribution in [1.29, 1.82) is 0 Å². The number of hydrogen-bond acceptors (Lipinski definition) is 14. The number of azo groups is 1. The molecule has 52 heavy (non-hydrogen) atoms. The van der Waals surface area contributed by atoms with E-state index in [1.807, 2.05) is 0 Å². The minimum absolute atomic E-state index is 0.230. The van der Waals surface area contributed by atoms with Crippen molar-refractivity contribution >= 4 is 87.5 Å². The molecule has 0 saturated carbocycles. The number of nitro benzene ring substituents is 2. The average Bonchev–Trinajstić information content (AvgIpc) is 3.03. The zero-order valence-corrected chi connectivity index (χ0v) is 28.6. The molecule has 0 bridgehead atoms. The summed E-state index contributed by atoms with van der Waals surface area (Å²) in [6.07, 6.45) is 4.02. The molecule has 4 aromatic rings. The van der Waals surface area contributed by atoms with E-state index in [0.717, 1.165) is 72.8 Å². The molecule has 272 valence electrons. The quantitative estimate of drug-likeness (QED) is 0.0468. The van der Waals surface area contributed by atoms with Crippen LogP contribution < -0.4 is 0 Å². The second kappa shape index (κ2) is 14.6. The molecule has 4 rings (SSSR count). The maximum atomic E-state index is 12.2. The van der Waals surface area contributed by atoms with Crippen molar-refractivity contribution in [3.8, 4) is 0 Å². The number of hydrogen-bond donors (Lipinski definition) is 4. The Morgan fingerprint density at radius 2 is 0.692 bits per heavy atom. The molecule has 0 heterocycles. The summed E-state index contributed by atoms with van der Waals surface area (Å²) in [5.74, 6) is 0. The molecule has 0 aliphatic rings. The van der Waals surface area contributed by atoms with Gasteiger partial charge in [-0.2, -0.15) is 43.9 Å². The van der Waals surface area contributed by atoms with Crippen molar-refractivity contribution in [3.05, 3.63) is 115 Å². The molecule has 0 radical (unpaired) electrons. The van der Waals surface area contributed by atoms with Crippen LogP contribution in [0.5, 0.6) is 0 Å². The summed E-state index contributed by atoms with van der Waals surface area (Å²) >= 11 is 0. The maximum absolute atomic E-state index is 12.2. The topological polar surface area (TPSA) is 328 Å². The predicted octanol–water partition coefficient (Wildman–Crippen LogP) is 5.25. The summed E-state index contributed by atoms with van der Waals surface area (Å²) in [5, 5.41) is 29.7. The van der Waals surface area contributed by atoms with Crippen LogP contribution in [-0.4, -0.2) is 61.7 Å². The van der Waals surface area contributed by atoms with Gasteiger partial charge in [0, 0.05) is 24.3 Å². The fourth-order valence-electron chi connectivity index (χ4n) is 4.36. The molecule has 4 aromatic carbocycles. The largest absolute Gasteiger partial charge is 0.295 e. The molecular formula is C28H20N4O16S4. The van der Waals surface area contributed by atoms with E-state index in [9.17, 15) is 72.1 Å². The number of nitrogens with zero attached hydrogens (tertiary/aromatic N) is 4. The zero-order chi connectivity index (χ0) is 38.8.